The van der Waals surface area contributed by atoms with E-state index < -0.39 is 0 Å². The highest BCUT2D eigenvalue weighted by Crippen LogP contribution is 2.22. The highest BCUT2D eigenvalue weighted by Gasteiger charge is 2.20. The van der Waals surface area contributed by atoms with Gasteiger partial charge in [0.15, 0.2) is 0 Å². The van der Waals surface area contributed by atoms with Crippen LogP contribution >= 0.6 is 11.8 Å². The van der Waals surface area contributed by atoms with Gasteiger partial charge in [0.1, 0.15) is 0 Å². The standard InChI is InChI=1S/C12H21N5OS/c1-4-5-13-10-14-11(16-12(15-10)18-3)17-6-7-19-9(2)8-17/h9H,4-8H2,1-3H3,(H,13,14,15,16). The molecule has 0 saturated carbocycles. The molecule has 6 nitrogen and oxygen atoms in total. The number of rotatable bonds is 5. The largest absolute Gasteiger partial charge is 0.467 e. The van der Waals surface area contributed by atoms with Crippen molar-refractivity contribution in [3.8, 4) is 6.01 Å². The Morgan fingerprint density at radius 3 is 2.95 bits per heavy atom. The third-order valence-electron chi connectivity index (χ3n) is 2.84. The first-order chi connectivity index (χ1) is 9.22. The van der Waals surface area contributed by atoms with Gasteiger partial charge in [-0.05, 0) is 6.42 Å². The summed E-state index contributed by atoms with van der Waals surface area (Å²) in [7, 11) is 1.58. The molecule has 1 unspecified atom stereocenters. The van der Waals surface area contributed by atoms with Crippen molar-refractivity contribution in [2.24, 2.45) is 0 Å². The van der Waals surface area contributed by atoms with Crippen LogP contribution in [0.15, 0.2) is 0 Å². The van der Waals surface area contributed by atoms with Crippen LogP contribution in [0.2, 0.25) is 0 Å². The lowest BCUT2D eigenvalue weighted by Crippen LogP contribution is -2.38. The minimum Gasteiger partial charge on any atom is -0.467 e. The van der Waals surface area contributed by atoms with Gasteiger partial charge >= 0.3 is 6.01 Å². The van der Waals surface area contributed by atoms with Gasteiger partial charge in [0.25, 0.3) is 0 Å². The topological polar surface area (TPSA) is 63.2 Å². The summed E-state index contributed by atoms with van der Waals surface area (Å²) >= 11 is 1.98. The van der Waals surface area contributed by atoms with Crippen LogP contribution in [0.3, 0.4) is 0 Å². The van der Waals surface area contributed by atoms with Crippen LogP contribution in [0, 0.1) is 0 Å². The van der Waals surface area contributed by atoms with Crippen LogP contribution in [0.25, 0.3) is 0 Å². The maximum Gasteiger partial charge on any atom is 0.322 e. The number of hydrogen-bond acceptors (Lipinski definition) is 7. The number of methoxy groups -OCH3 is 1. The van der Waals surface area contributed by atoms with Gasteiger partial charge in [0, 0.05) is 30.6 Å². The highest BCUT2D eigenvalue weighted by molar-refractivity contribution is 8.00. The first kappa shape index (κ1) is 14.2. The van der Waals surface area contributed by atoms with Gasteiger partial charge in [-0.1, -0.05) is 13.8 Å². The summed E-state index contributed by atoms with van der Waals surface area (Å²) in [5, 5.41) is 3.79. The van der Waals surface area contributed by atoms with Crippen LogP contribution < -0.4 is 15.0 Å². The Labute approximate surface area is 118 Å². The van der Waals surface area contributed by atoms with Crippen molar-refractivity contribution >= 4 is 23.7 Å². The molecule has 7 heteroatoms. The van der Waals surface area contributed by atoms with E-state index in [4.69, 9.17) is 4.74 Å². The molecule has 0 aliphatic carbocycles. The Morgan fingerprint density at radius 2 is 2.26 bits per heavy atom. The maximum absolute atomic E-state index is 5.16. The van der Waals surface area contributed by atoms with Gasteiger partial charge in [-0.2, -0.15) is 26.7 Å². The Kier molecular flexibility index (Phi) is 5.07. The average Bonchev–Trinajstić information content (AvgIpc) is 2.44. The quantitative estimate of drug-likeness (QED) is 0.881. The van der Waals surface area contributed by atoms with Gasteiger partial charge < -0.3 is 15.0 Å². The zero-order valence-corrected chi connectivity index (χ0v) is 12.5. The molecule has 1 aliphatic rings. The lowest BCUT2D eigenvalue weighted by atomic mass is 10.4. The number of ether oxygens (including phenoxy) is 1. The summed E-state index contributed by atoms with van der Waals surface area (Å²) in [6.45, 7) is 7.11. The summed E-state index contributed by atoms with van der Waals surface area (Å²) < 4.78 is 5.16. The van der Waals surface area contributed by atoms with E-state index in [2.05, 4.69) is 39.0 Å². The van der Waals surface area contributed by atoms with Gasteiger partial charge in [-0.25, -0.2) is 0 Å². The van der Waals surface area contributed by atoms with Gasteiger partial charge in [0.2, 0.25) is 11.9 Å². The molecule has 0 spiro atoms. The second kappa shape index (κ2) is 6.79. The first-order valence-corrected chi connectivity index (χ1v) is 7.68. The Hall–Kier alpha value is -1.24. The zero-order chi connectivity index (χ0) is 13.7. The van der Waals surface area contributed by atoms with Crippen molar-refractivity contribution in [3.63, 3.8) is 0 Å². The van der Waals surface area contributed by atoms with E-state index in [0.717, 1.165) is 31.8 Å². The van der Waals surface area contributed by atoms with Gasteiger partial charge in [-0.3, -0.25) is 0 Å². The molecule has 2 heterocycles. The van der Waals surface area contributed by atoms with Crippen molar-refractivity contribution in [1.82, 2.24) is 15.0 Å². The lowest BCUT2D eigenvalue weighted by molar-refractivity contribution is 0.378. The molecule has 1 aliphatic heterocycles. The summed E-state index contributed by atoms with van der Waals surface area (Å²) in [6.07, 6.45) is 1.03. The first-order valence-electron chi connectivity index (χ1n) is 6.63. The molecule has 1 N–H and O–H groups in total. The Bertz CT molecular complexity index is 417. The van der Waals surface area contributed by atoms with E-state index in [-0.39, 0.29) is 0 Å². The predicted molar refractivity (Wildman–Crippen MR) is 79.3 cm³/mol. The normalized spacial score (nSPS) is 19.3. The van der Waals surface area contributed by atoms with Crippen molar-refractivity contribution in [2.75, 3.05) is 42.7 Å². The van der Waals surface area contributed by atoms with E-state index in [0.29, 0.717) is 23.2 Å². The number of nitrogens with zero attached hydrogens (tertiary/aromatic N) is 4. The number of hydrogen-bond donors (Lipinski definition) is 1. The molecule has 0 radical (unpaired) electrons. The zero-order valence-electron chi connectivity index (χ0n) is 11.7. The van der Waals surface area contributed by atoms with Crippen LogP contribution in [0.1, 0.15) is 20.3 Å². The van der Waals surface area contributed by atoms with E-state index in [9.17, 15) is 0 Å². The van der Waals surface area contributed by atoms with E-state index >= 15 is 0 Å². The number of aromatic nitrogens is 3. The van der Waals surface area contributed by atoms with Crippen LogP contribution in [0.5, 0.6) is 6.01 Å². The molecule has 1 saturated heterocycles. The molecular weight excluding hydrogens is 262 g/mol. The van der Waals surface area contributed by atoms with Crippen LogP contribution in [0.4, 0.5) is 11.9 Å². The van der Waals surface area contributed by atoms with Crippen LogP contribution in [-0.2, 0) is 0 Å². The summed E-state index contributed by atoms with van der Waals surface area (Å²) in [4.78, 5) is 15.2. The molecule has 1 fully saturated rings. The third-order valence-corrected chi connectivity index (χ3v) is 3.98. The van der Waals surface area contributed by atoms with Crippen molar-refractivity contribution < 1.29 is 4.74 Å². The van der Waals surface area contributed by atoms with Crippen molar-refractivity contribution in [3.05, 3.63) is 0 Å². The molecule has 19 heavy (non-hydrogen) atoms. The second-order valence-electron chi connectivity index (χ2n) is 4.50. The van der Waals surface area contributed by atoms with Crippen LogP contribution in [-0.4, -0.2) is 52.7 Å². The van der Waals surface area contributed by atoms with E-state index in [1.807, 2.05) is 11.8 Å². The van der Waals surface area contributed by atoms with Crippen molar-refractivity contribution in [2.45, 2.75) is 25.5 Å². The predicted octanol–water partition coefficient (Wildman–Crippen LogP) is 1.64. The summed E-state index contributed by atoms with van der Waals surface area (Å²) in [6, 6.07) is 0.370. The lowest BCUT2D eigenvalue weighted by Gasteiger charge is -2.30. The number of thioether (sulfide) groups is 1. The molecule has 0 amide bonds. The van der Waals surface area contributed by atoms with Gasteiger partial charge in [0.05, 0.1) is 7.11 Å². The van der Waals surface area contributed by atoms with E-state index in [1.54, 1.807) is 7.11 Å². The Balaban J connectivity index is 2.17. The fourth-order valence-electron chi connectivity index (χ4n) is 1.89. The summed E-state index contributed by atoms with van der Waals surface area (Å²) in [5.41, 5.74) is 0. The molecular formula is C12H21N5OS. The fraction of sp³-hybridized carbons (Fsp3) is 0.750. The maximum atomic E-state index is 5.16. The molecule has 1 atom stereocenters. The van der Waals surface area contributed by atoms with E-state index in [1.165, 1.54) is 0 Å². The molecule has 1 aromatic rings. The third kappa shape index (κ3) is 3.86. The number of anilines is 2. The fourth-order valence-corrected chi connectivity index (χ4v) is 2.91. The molecule has 0 aromatic carbocycles. The number of nitrogens with one attached hydrogen (secondary N) is 1. The molecule has 0 bridgehead atoms. The van der Waals surface area contributed by atoms with Crippen molar-refractivity contribution in [1.29, 1.82) is 0 Å². The van der Waals surface area contributed by atoms with Gasteiger partial charge in [-0.15, -0.1) is 0 Å². The minimum absolute atomic E-state index is 0.370. The monoisotopic (exact) mass is 283 g/mol. The molecule has 2 rings (SSSR count). The second-order valence-corrected chi connectivity index (χ2v) is 6.05. The molecule has 1 aromatic heterocycles. The Morgan fingerprint density at radius 1 is 1.42 bits per heavy atom. The highest BCUT2D eigenvalue weighted by atomic mass is 32.2. The summed E-state index contributed by atoms with van der Waals surface area (Å²) in [5.74, 6) is 2.40. The SMILES string of the molecule is CCCNc1nc(OC)nc(N2CCSC(C)C2)n1. The smallest absolute Gasteiger partial charge is 0.322 e. The minimum atomic E-state index is 0.370. The molecule has 106 valence electrons. The average molecular weight is 283 g/mol.